The Morgan fingerprint density at radius 3 is 2.66 bits per heavy atom. The molecule has 182 valence electrons. The highest BCUT2D eigenvalue weighted by molar-refractivity contribution is 5.89. The Morgan fingerprint density at radius 2 is 1.86 bits per heavy atom. The average Bonchev–Trinajstić information content (AvgIpc) is 3.42. The zero-order valence-electron chi connectivity index (χ0n) is 19.5. The van der Waals surface area contributed by atoms with Gasteiger partial charge in [-0.05, 0) is 31.7 Å². The number of benzene rings is 1. The Balaban J connectivity index is 0.00000253. The lowest BCUT2D eigenvalue weighted by molar-refractivity contribution is -0.0885. The van der Waals surface area contributed by atoms with Crippen molar-refractivity contribution in [3.05, 3.63) is 66.4 Å². The monoisotopic (exact) mass is 495 g/mol. The number of anilines is 1. The topological polar surface area (TPSA) is 72.2 Å². The third-order valence-corrected chi connectivity index (χ3v) is 6.76. The molecule has 0 radical (unpaired) electrons. The molecule has 4 aromatic rings. The van der Waals surface area contributed by atoms with Crippen LogP contribution < -0.4 is 4.90 Å². The van der Waals surface area contributed by atoms with Crippen LogP contribution in [0.25, 0.3) is 22.6 Å². The molecule has 0 bridgehead atoms. The Labute approximate surface area is 209 Å². The van der Waals surface area contributed by atoms with Crippen molar-refractivity contribution < 1.29 is 9.13 Å². The summed E-state index contributed by atoms with van der Waals surface area (Å²) in [6, 6.07) is 10.5. The van der Waals surface area contributed by atoms with Crippen molar-refractivity contribution in [2.24, 2.45) is 0 Å². The van der Waals surface area contributed by atoms with Crippen LogP contribution in [0.4, 0.5) is 10.1 Å². The predicted octanol–water partition coefficient (Wildman–Crippen LogP) is 3.41. The summed E-state index contributed by atoms with van der Waals surface area (Å²) >= 11 is 0. The first-order chi connectivity index (χ1) is 16.6. The first-order valence-corrected chi connectivity index (χ1v) is 11.6. The Kier molecular flexibility index (Phi) is 6.39. The van der Waals surface area contributed by atoms with Gasteiger partial charge in [-0.3, -0.25) is 0 Å². The molecule has 1 spiro atoms. The molecule has 8 nitrogen and oxygen atoms in total. The molecule has 0 saturated carbocycles. The molecule has 1 unspecified atom stereocenters. The molecule has 1 atom stereocenters. The van der Waals surface area contributed by atoms with Gasteiger partial charge in [0.15, 0.2) is 11.5 Å². The van der Waals surface area contributed by atoms with E-state index in [1.54, 1.807) is 23.0 Å². The van der Waals surface area contributed by atoms with E-state index in [2.05, 4.69) is 31.8 Å². The minimum atomic E-state index is -0.263. The van der Waals surface area contributed by atoms with Crippen molar-refractivity contribution in [1.29, 1.82) is 0 Å². The third-order valence-electron chi connectivity index (χ3n) is 6.76. The molecule has 6 rings (SSSR count). The Bertz CT molecular complexity index is 1330. The van der Waals surface area contributed by atoms with Gasteiger partial charge in [-0.1, -0.05) is 18.2 Å². The van der Waals surface area contributed by atoms with Gasteiger partial charge in [0.25, 0.3) is 0 Å². The number of likely N-dealkylation sites (N-methyl/N-ethyl adjacent to an activating group) is 1. The van der Waals surface area contributed by atoms with Gasteiger partial charge in [0.05, 0.1) is 42.2 Å². The second-order valence-corrected chi connectivity index (χ2v) is 9.18. The molecule has 2 fully saturated rings. The van der Waals surface area contributed by atoms with Crippen LogP contribution in [0.1, 0.15) is 12.0 Å². The molecule has 3 aromatic heterocycles. The normalized spacial score (nSPS) is 20.5. The maximum absolute atomic E-state index is 14.2. The second kappa shape index (κ2) is 9.49. The number of morpholine rings is 1. The van der Waals surface area contributed by atoms with Gasteiger partial charge >= 0.3 is 0 Å². The first-order valence-electron chi connectivity index (χ1n) is 11.6. The summed E-state index contributed by atoms with van der Waals surface area (Å²) in [5.74, 6) is 0.261. The molecule has 0 N–H and O–H groups in total. The fraction of sp³-hybridized carbons (Fsp3) is 0.360. The zero-order valence-corrected chi connectivity index (χ0v) is 20.3. The van der Waals surface area contributed by atoms with E-state index < -0.39 is 0 Å². The summed E-state index contributed by atoms with van der Waals surface area (Å²) in [7, 11) is 2.15. The smallest absolute Gasteiger partial charge is 0.180 e. The van der Waals surface area contributed by atoms with E-state index in [4.69, 9.17) is 9.84 Å². The van der Waals surface area contributed by atoms with Crippen molar-refractivity contribution in [2.45, 2.75) is 18.6 Å². The van der Waals surface area contributed by atoms with Crippen LogP contribution in [0.5, 0.6) is 0 Å². The van der Waals surface area contributed by atoms with E-state index in [-0.39, 0.29) is 30.4 Å². The van der Waals surface area contributed by atoms with Gasteiger partial charge in [0.2, 0.25) is 0 Å². The molecular formula is C25H27ClFN7O. The highest BCUT2D eigenvalue weighted by Gasteiger charge is 2.42. The van der Waals surface area contributed by atoms with Gasteiger partial charge in [0, 0.05) is 37.9 Å². The lowest BCUT2D eigenvalue weighted by Crippen LogP contribution is -2.51. The number of halogens is 2. The van der Waals surface area contributed by atoms with Crippen LogP contribution in [0.15, 0.2) is 55.0 Å². The van der Waals surface area contributed by atoms with Gasteiger partial charge in [-0.15, -0.1) is 12.4 Å². The van der Waals surface area contributed by atoms with Crippen LogP contribution in [-0.4, -0.2) is 75.1 Å². The number of nitrogens with zero attached hydrogens (tertiary/aromatic N) is 7. The molecule has 2 saturated heterocycles. The van der Waals surface area contributed by atoms with E-state index in [9.17, 15) is 4.39 Å². The van der Waals surface area contributed by atoms with Crippen molar-refractivity contribution >= 4 is 29.1 Å². The van der Waals surface area contributed by atoms with Gasteiger partial charge < -0.3 is 14.5 Å². The number of hydrogen-bond donors (Lipinski definition) is 0. The second-order valence-electron chi connectivity index (χ2n) is 9.18. The third kappa shape index (κ3) is 4.47. The van der Waals surface area contributed by atoms with E-state index >= 15 is 0 Å². The van der Waals surface area contributed by atoms with E-state index in [1.165, 1.54) is 6.07 Å². The van der Waals surface area contributed by atoms with E-state index in [0.29, 0.717) is 22.7 Å². The van der Waals surface area contributed by atoms with Crippen LogP contribution in [-0.2, 0) is 11.3 Å². The van der Waals surface area contributed by atoms with Crippen LogP contribution in [0.2, 0.25) is 0 Å². The van der Waals surface area contributed by atoms with Crippen molar-refractivity contribution in [2.75, 3.05) is 44.7 Å². The SMILES string of the molecule is CN1CCOC2(CCN(c3cnc(-c4nn(Cc5ccccc5F)c5ncccc45)nc3)C2)C1.Cl. The van der Waals surface area contributed by atoms with Crippen LogP contribution >= 0.6 is 12.4 Å². The number of fused-ring (bicyclic) bond motifs is 1. The largest absolute Gasteiger partial charge is 0.370 e. The van der Waals surface area contributed by atoms with Gasteiger partial charge in [0.1, 0.15) is 11.5 Å². The first kappa shape index (κ1) is 23.6. The molecule has 2 aliphatic heterocycles. The summed E-state index contributed by atoms with van der Waals surface area (Å²) in [6.07, 6.45) is 6.41. The van der Waals surface area contributed by atoms with Gasteiger partial charge in [-0.2, -0.15) is 5.10 Å². The quantitative estimate of drug-likeness (QED) is 0.429. The minimum Gasteiger partial charge on any atom is -0.370 e. The molecule has 2 aliphatic rings. The maximum Gasteiger partial charge on any atom is 0.180 e. The highest BCUT2D eigenvalue weighted by Crippen LogP contribution is 2.32. The van der Waals surface area contributed by atoms with Crippen molar-refractivity contribution in [3.8, 4) is 11.5 Å². The fourth-order valence-electron chi connectivity index (χ4n) is 5.03. The maximum atomic E-state index is 14.2. The minimum absolute atomic E-state index is 0. The lowest BCUT2D eigenvalue weighted by atomic mass is 10.0. The standard InChI is InChI=1S/C25H26FN7O.ClH/c1-31-11-12-34-25(16-31)8-10-32(17-25)19-13-28-23(29-14-19)22-20-6-4-9-27-24(20)33(30-22)15-18-5-2-3-7-21(18)26;/h2-7,9,13-14H,8,10-12,15-17H2,1H3;1H. The Hall–Kier alpha value is -3.14. The molecule has 5 heterocycles. The van der Waals surface area contributed by atoms with Gasteiger partial charge in [-0.25, -0.2) is 24.0 Å². The van der Waals surface area contributed by atoms with Crippen molar-refractivity contribution in [3.63, 3.8) is 0 Å². The molecule has 10 heteroatoms. The number of ether oxygens (including phenoxy) is 1. The zero-order chi connectivity index (χ0) is 23.1. The van der Waals surface area contributed by atoms with E-state index in [1.807, 2.05) is 30.6 Å². The summed E-state index contributed by atoms with van der Waals surface area (Å²) < 4.78 is 22.1. The Morgan fingerprint density at radius 1 is 1.03 bits per heavy atom. The number of rotatable bonds is 4. The lowest BCUT2D eigenvalue weighted by Gasteiger charge is -2.38. The molecule has 35 heavy (non-hydrogen) atoms. The highest BCUT2D eigenvalue weighted by atomic mass is 35.5. The molecule has 0 aliphatic carbocycles. The average molecular weight is 496 g/mol. The van der Waals surface area contributed by atoms with Crippen LogP contribution in [0, 0.1) is 5.82 Å². The molecular weight excluding hydrogens is 469 g/mol. The summed E-state index contributed by atoms with van der Waals surface area (Å²) in [5.41, 5.74) is 2.73. The number of pyridine rings is 1. The van der Waals surface area contributed by atoms with E-state index in [0.717, 1.165) is 50.3 Å². The van der Waals surface area contributed by atoms with Crippen LogP contribution in [0.3, 0.4) is 0 Å². The fourth-order valence-corrected chi connectivity index (χ4v) is 5.03. The summed E-state index contributed by atoms with van der Waals surface area (Å²) in [5, 5.41) is 5.56. The molecule has 0 amide bonds. The summed E-state index contributed by atoms with van der Waals surface area (Å²) in [4.78, 5) is 18.4. The number of hydrogen-bond acceptors (Lipinski definition) is 7. The molecule has 1 aromatic carbocycles. The van der Waals surface area contributed by atoms with Crippen molar-refractivity contribution in [1.82, 2.24) is 29.6 Å². The number of aromatic nitrogens is 5. The summed E-state index contributed by atoms with van der Waals surface area (Å²) in [6.45, 7) is 4.73. The predicted molar refractivity (Wildman–Crippen MR) is 134 cm³/mol.